The fourth-order valence-electron chi connectivity index (χ4n) is 2.31. The summed E-state index contributed by atoms with van der Waals surface area (Å²) in [4.78, 5) is 12.1. The maximum absolute atomic E-state index is 13.0. The molecular formula is C17H19FN6O2S2. The number of anilines is 1. The predicted octanol–water partition coefficient (Wildman–Crippen LogP) is 3.24. The Labute approximate surface area is 169 Å². The van der Waals surface area contributed by atoms with Crippen LogP contribution < -0.4 is 10.1 Å². The topological polar surface area (TPSA) is 94.8 Å². The van der Waals surface area contributed by atoms with Crippen LogP contribution in [-0.4, -0.2) is 36.6 Å². The molecular weight excluding hydrogens is 403 g/mol. The van der Waals surface area contributed by atoms with Crippen molar-refractivity contribution in [1.29, 1.82) is 0 Å². The average Bonchev–Trinajstić information content (AvgIpc) is 3.28. The first-order valence-electron chi connectivity index (χ1n) is 8.52. The van der Waals surface area contributed by atoms with Crippen molar-refractivity contribution in [3.05, 3.63) is 40.9 Å². The van der Waals surface area contributed by atoms with Gasteiger partial charge in [-0.25, -0.2) is 4.39 Å². The maximum Gasteiger partial charge on any atom is 0.236 e. The van der Waals surface area contributed by atoms with Crippen LogP contribution in [0.1, 0.15) is 30.8 Å². The number of nitrogens with zero attached hydrogens (tertiary/aromatic N) is 5. The van der Waals surface area contributed by atoms with Crippen LogP contribution in [0.5, 0.6) is 5.75 Å². The molecule has 1 N–H and O–H groups in total. The number of rotatable bonds is 8. The fourth-order valence-corrected chi connectivity index (χ4v) is 3.72. The second-order valence-corrected chi connectivity index (χ2v) is 7.81. The highest BCUT2D eigenvalue weighted by Gasteiger charge is 2.18. The lowest BCUT2D eigenvalue weighted by Crippen LogP contribution is -2.14. The van der Waals surface area contributed by atoms with Gasteiger partial charge in [-0.1, -0.05) is 30.0 Å². The summed E-state index contributed by atoms with van der Waals surface area (Å²) in [5, 5.41) is 20.8. The molecule has 0 aliphatic carbocycles. The number of hydrogen-bond donors (Lipinski definition) is 1. The number of thioether (sulfide) groups is 1. The largest absolute Gasteiger partial charge is 0.483 e. The number of amides is 1. The van der Waals surface area contributed by atoms with Crippen LogP contribution in [0.3, 0.4) is 0 Å². The van der Waals surface area contributed by atoms with E-state index < -0.39 is 0 Å². The van der Waals surface area contributed by atoms with E-state index in [9.17, 15) is 9.18 Å². The molecule has 0 bridgehead atoms. The molecule has 0 radical (unpaired) electrons. The first-order valence-corrected chi connectivity index (χ1v) is 10.3. The van der Waals surface area contributed by atoms with Crippen molar-refractivity contribution in [3.63, 3.8) is 0 Å². The minimum Gasteiger partial charge on any atom is -0.483 e. The predicted molar refractivity (Wildman–Crippen MR) is 105 cm³/mol. The smallest absolute Gasteiger partial charge is 0.236 e. The second kappa shape index (κ2) is 9.11. The van der Waals surface area contributed by atoms with E-state index in [4.69, 9.17) is 4.74 Å². The lowest BCUT2D eigenvalue weighted by atomic mass is 10.3. The molecule has 1 amide bonds. The molecule has 148 valence electrons. The lowest BCUT2D eigenvalue weighted by molar-refractivity contribution is -0.113. The van der Waals surface area contributed by atoms with Crippen LogP contribution in [0.4, 0.5) is 9.52 Å². The third-order valence-electron chi connectivity index (χ3n) is 3.71. The Morgan fingerprint density at radius 2 is 2.04 bits per heavy atom. The summed E-state index contributed by atoms with van der Waals surface area (Å²) in [5.74, 6) is 0.789. The van der Waals surface area contributed by atoms with Crippen molar-refractivity contribution in [1.82, 2.24) is 25.0 Å². The van der Waals surface area contributed by atoms with E-state index in [-0.39, 0.29) is 23.6 Å². The highest BCUT2D eigenvalue weighted by molar-refractivity contribution is 7.99. The van der Waals surface area contributed by atoms with Crippen molar-refractivity contribution < 1.29 is 13.9 Å². The van der Waals surface area contributed by atoms with E-state index in [0.717, 1.165) is 11.4 Å². The Morgan fingerprint density at radius 3 is 2.71 bits per heavy atom. The van der Waals surface area contributed by atoms with Gasteiger partial charge < -0.3 is 9.30 Å². The molecule has 0 aliphatic heterocycles. The summed E-state index contributed by atoms with van der Waals surface area (Å²) in [6, 6.07) is 5.78. The molecule has 1 atom stereocenters. The minimum atomic E-state index is -0.389. The number of aryl methyl sites for hydroxylation is 1. The Bertz CT molecular complexity index is 944. The molecule has 0 spiro atoms. The Hall–Kier alpha value is -2.53. The number of halogens is 1. The van der Waals surface area contributed by atoms with Gasteiger partial charge in [0.2, 0.25) is 11.0 Å². The first kappa shape index (κ1) is 20.2. The van der Waals surface area contributed by atoms with Crippen LogP contribution in [0, 0.1) is 5.82 Å². The zero-order valence-corrected chi connectivity index (χ0v) is 17.2. The zero-order chi connectivity index (χ0) is 20.1. The molecule has 3 rings (SSSR count). The summed E-state index contributed by atoms with van der Waals surface area (Å²) < 4.78 is 20.5. The molecule has 11 heteroatoms. The molecule has 3 aromatic rings. The van der Waals surface area contributed by atoms with Crippen LogP contribution in [0.2, 0.25) is 0 Å². The standard InChI is InChI=1S/C17H19FN6O2S2/c1-4-14-20-22-16(28-14)19-13(25)9-27-17-23-21-15(24(17)3)10(2)26-12-7-5-11(18)6-8-12/h5-8,10H,4,9H2,1-3H3,(H,19,22,25). The van der Waals surface area contributed by atoms with Gasteiger partial charge in [-0.05, 0) is 37.6 Å². The van der Waals surface area contributed by atoms with Crippen molar-refractivity contribution in [2.24, 2.45) is 7.05 Å². The molecule has 28 heavy (non-hydrogen) atoms. The SMILES string of the molecule is CCc1nnc(NC(=O)CSc2nnc(C(C)Oc3ccc(F)cc3)n2C)s1. The van der Waals surface area contributed by atoms with Gasteiger partial charge in [0.05, 0.1) is 5.75 Å². The van der Waals surface area contributed by atoms with E-state index in [0.29, 0.717) is 21.9 Å². The molecule has 1 aromatic carbocycles. The molecule has 8 nitrogen and oxygen atoms in total. The minimum absolute atomic E-state index is 0.167. The van der Waals surface area contributed by atoms with Crippen LogP contribution in [0.25, 0.3) is 0 Å². The third kappa shape index (κ3) is 5.04. The molecule has 2 heterocycles. The maximum atomic E-state index is 13.0. The molecule has 0 aliphatic rings. The van der Waals surface area contributed by atoms with Crippen LogP contribution in [-0.2, 0) is 18.3 Å². The molecule has 0 fully saturated rings. The second-order valence-electron chi connectivity index (χ2n) is 5.81. The van der Waals surface area contributed by atoms with Crippen molar-refractivity contribution >= 4 is 34.1 Å². The fraction of sp³-hybridized carbons (Fsp3) is 0.353. The third-order valence-corrected chi connectivity index (χ3v) is 5.71. The summed E-state index contributed by atoms with van der Waals surface area (Å²) in [6.07, 6.45) is 0.391. The number of benzene rings is 1. The van der Waals surface area contributed by atoms with E-state index in [1.807, 2.05) is 13.8 Å². The van der Waals surface area contributed by atoms with E-state index in [1.54, 1.807) is 23.7 Å². The van der Waals surface area contributed by atoms with Crippen molar-refractivity contribution in [3.8, 4) is 5.75 Å². The number of carbonyl (C=O) groups is 1. The van der Waals surface area contributed by atoms with E-state index in [1.165, 1.54) is 35.2 Å². The number of hydrogen-bond acceptors (Lipinski definition) is 8. The zero-order valence-electron chi connectivity index (χ0n) is 15.5. The summed E-state index contributed by atoms with van der Waals surface area (Å²) in [7, 11) is 1.80. The molecule has 0 saturated carbocycles. The van der Waals surface area contributed by atoms with Gasteiger partial charge in [0.25, 0.3) is 0 Å². The van der Waals surface area contributed by atoms with Gasteiger partial charge in [0, 0.05) is 7.05 Å². The highest BCUT2D eigenvalue weighted by Crippen LogP contribution is 2.24. The lowest BCUT2D eigenvalue weighted by Gasteiger charge is -2.14. The highest BCUT2D eigenvalue weighted by atomic mass is 32.2. The summed E-state index contributed by atoms with van der Waals surface area (Å²) in [5.41, 5.74) is 0. The quantitative estimate of drug-likeness (QED) is 0.557. The van der Waals surface area contributed by atoms with Crippen LogP contribution in [0.15, 0.2) is 29.4 Å². The van der Waals surface area contributed by atoms with Gasteiger partial charge in [0.15, 0.2) is 17.1 Å². The molecule has 1 unspecified atom stereocenters. The number of carbonyl (C=O) groups excluding carboxylic acids is 1. The number of ether oxygens (including phenoxy) is 1. The van der Waals surface area contributed by atoms with E-state index >= 15 is 0 Å². The van der Waals surface area contributed by atoms with Gasteiger partial charge in [-0.15, -0.1) is 20.4 Å². The monoisotopic (exact) mass is 422 g/mol. The van der Waals surface area contributed by atoms with Crippen molar-refractivity contribution in [2.45, 2.75) is 31.5 Å². The average molecular weight is 423 g/mol. The van der Waals surface area contributed by atoms with Crippen LogP contribution >= 0.6 is 23.1 Å². The molecule has 0 saturated heterocycles. The number of aromatic nitrogens is 5. The number of nitrogens with one attached hydrogen (secondary N) is 1. The Balaban J connectivity index is 1.56. The van der Waals surface area contributed by atoms with Gasteiger partial charge >= 0.3 is 0 Å². The van der Waals surface area contributed by atoms with E-state index in [2.05, 4.69) is 25.7 Å². The summed E-state index contributed by atoms with van der Waals surface area (Å²) in [6.45, 7) is 3.81. The normalized spacial score (nSPS) is 12.0. The van der Waals surface area contributed by atoms with Crippen molar-refractivity contribution in [2.75, 3.05) is 11.1 Å². The molecule has 2 aromatic heterocycles. The summed E-state index contributed by atoms with van der Waals surface area (Å²) >= 11 is 2.62. The van der Waals surface area contributed by atoms with Gasteiger partial charge in [-0.3, -0.25) is 10.1 Å². The first-order chi connectivity index (χ1) is 13.5. The van der Waals surface area contributed by atoms with Gasteiger partial charge in [-0.2, -0.15) is 0 Å². The Morgan fingerprint density at radius 1 is 1.29 bits per heavy atom. The Kier molecular flexibility index (Phi) is 6.57. The van der Waals surface area contributed by atoms with Gasteiger partial charge in [0.1, 0.15) is 16.6 Å².